The SMILES string of the molecule is O=C1CCC(N2C(=O)c3ccc(N4CC(CN5CCC(c6ccc(Oc7c(-c8ccc(Br)cc8)sc8cc(O)ccc78)cc6)CC5)C4)cc3C2=O)C(=O)N1. The zero-order valence-electron chi connectivity index (χ0n) is 29.3. The van der Waals surface area contributed by atoms with Crippen molar-refractivity contribution in [3.05, 3.63) is 106 Å². The van der Waals surface area contributed by atoms with Crippen LogP contribution in [-0.2, 0) is 9.59 Å². The number of fused-ring (bicyclic) bond motifs is 2. The molecule has 54 heavy (non-hydrogen) atoms. The van der Waals surface area contributed by atoms with Gasteiger partial charge in [-0.1, -0.05) is 40.2 Å². The molecule has 0 spiro atoms. The Hall–Kier alpha value is -5.04. The van der Waals surface area contributed by atoms with Crippen molar-refractivity contribution in [3.8, 4) is 27.7 Å². The van der Waals surface area contributed by atoms with E-state index in [1.807, 2.05) is 24.3 Å². The molecule has 4 aromatic carbocycles. The lowest BCUT2D eigenvalue weighted by atomic mass is 9.88. The molecule has 0 aliphatic carbocycles. The molecule has 1 unspecified atom stereocenters. The Morgan fingerprint density at radius 1 is 0.833 bits per heavy atom. The van der Waals surface area contributed by atoms with Crippen LogP contribution in [0.3, 0.4) is 0 Å². The highest BCUT2D eigenvalue weighted by Gasteiger charge is 2.45. The van der Waals surface area contributed by atoms with Gasteiger partial charge in [0.25, 0.3) is 11.8 Å². The molecule has 0 radical (unpaired) electrons. The molecule has 3 saturated heterocycles. The molecule has 9 rings (SSSR count). The number of thiophene rings is 1. The summed E-state index contributed by atoms with van der Waals surface area (Å²) in [7, 11) is 0. The van der Waals surface area contributed by atoms with Crippen molar-refractivity contribution in [3.63, 3.8) is 0 Å². The molecule has 0 bridgehead atoms. The number of amides is 4. The normalized spacial score (nSPS) is 19.7. The number of ether oxygens (including phenoxy) is 1. The van der Waals surface area contributed by atoms with Gasteiger partial charge in [-0.25, -0.2) is 0 Å². The van der Waals surface area contributed by atoms with E-state index in [0.717, 1.165) is 92.7 Å². The topological polar surface area (TPSA) is 119 Å². The average molecular weight is 806 g/mol. The molecule has 274 valence electrons. The van der Waals surface area contributed by atoms with E-state index in [0.29, 0.717) is 23.0 Å². The van der Waals surface area contributed by atoms with Gasteiger partial charge in [0.05, 0.1) is 16.0 Å². The molecule has 0 saturated carbocycles. The standard InChI is InChI=1S/C42H37BrN4O6S/c43-28-5-1-27(2-6-28)39-38(33-12-8-30(48)20-36(33)54-39)53-31-9-3-25(4-10-31)26-15-17-45(18-16-26)21-24-22-46(23-24)29-7-11-32-34(19-29)42(52)47(41(32)51)35-13-14-37(49)44-40(35)50/h1-12,19-20,24,26,35,48H,13-18,21-23H2,(H,44,49,50). The van der Waals surface area contributed by atoms with Crippen molar-refractivity contribution in [1.29, 1.82) is 0 Å². The minimum absolute atomic E-state index is 0.0996. The highest BCUT2D eigenvalue weighted by atomic mass is 79.9. The highest BCUT2D eigenvalue weighted by molar-refractivity contribution is 9.10. The Kier molecular flexibility index (Phi) is 8.99. The Balaban J connectivity index is 0.785. The quantitative estimate of drug-likeness (QED) is 0.155. The number of piperidine rings is 2. The Morgan fingerprint density at radius 2 is 1.57 bits per heavy atom. The second-order valence-electron chi connectivity index (χ2n) is 14.6. The van der Waals surface area contributed by atoms with Gasteiger partial charge in [0.2, 0.25) is 11.8 Å². The van der Waals surface area contributed by atoms with E-state index in [9.17, 15) is 24.3 Å². The van der Waals surface area contributed by atoms with Crippen LogP contribution in [-0.4, -0.2) is 77.3 Å². The van der Waals surface area contributed by atoms with Crippen LogP contribution in [0.1, 0.15) is 57.9 Å². The van der Waals surface area contributed by atoms with E-state index in [1.54, 1.807) is 35.6 Å². The first kappa shape index (κ1) is 34.7. The molecule has 1 aromatic heterocycles. The zero-order chi connectivity index (χ0) is 37.1. The number of hydrogen-bond acceptors (Lipinski definition) is 9. The summed E-state index contributed by atoms with van der Waals surface area (Å²) < 4.78 is 8.55. The summed E-state index contributed by atoms with van der Waals surface area (Å²) >= 11 is 5.14. The Morgan fingerprint density at radius 3 is 2.31 bits per heavy atom. The number of nitrogens with zero attached hydrogens (tertiary/aromatic N) is 3. The molecule has 2 N–H and O–H groups in total. The maximum Gasteiger partial charge on any atom is 0.262 e. The third kappa shape index (κ3) is 6.46. The number of benzene rings is 4. The molecule has 3 fully saturated rings. The number of aromatic hydroxyl groups is 1. The molecule has 4 amide bonds. The number of hydrogen-bond donors (Lipinski definition) is 2. The number of nitrogens with one attached hydrogen (secondary N) is 1. The molecule has 12 heteroatoms. The van der Waals surface area contributed by atoms with Crippen molar-refractivity contribution in [2.45, 2.75) is 37.6 Å². The predicted molar refractivity (Wildman–Crippen MR) is 210 cm³/mol. The van der Waals surface area contributed by atoms with Crippen LogP contribution in [0.15, 0.2) is 89.4 Å². The number of phenolic OH excluding ortho intramolecular Hbond substituents is 1. The van der Waals surface area contributed by atoms with Crippen LogP contribution < -0.4 is 15.0 Å². The van der Waals surface area contributed by atoms with Crippen molar-refractivity contribution >= 4 is 66.7 Å². The fraction of sp³-hybridized carbons (Fsp3) is 0.286. The molecule has 10 nitrogen and oxygen atoms in total. The van der Waals surface area contributed by atoms with Crippen molar-refractivity contribution in [2.75, 3.05) is 37.6 Å². The summed E-state index contributed by atoms with van der Waals surface area (Å²) in [6.45, 7) is 4.85. The first-order valence-corrected chi connectivity index (χ1v) is 19.9. The smallest absolute Gasteiger partial charge is 0.262 e. The van der Waals surface area contributed by atoms with E-state index in [4.69, 9.17) is 4.74 Å². The van der Waals surface area contributed by atoms with Crippen molar-refractivity contribution in [2.24, 2.45) is 5.92 Å². The lowest BCUT2D eigenvalue weighted by molar-refractivity contribution is -0.136. The van der Waals surface area contributed by atoms with E-state index < -0.39 is 23.8 Å². The van der Waals surface area contributed by atoms with E-state index >= 15 is 0 Å². The fourth-order valence-electron chi connectivity index (χ4n) is 8.25. The number of carbonyl (C=O) groups excluding carboxylic acids is 4. The van der Waals surface area contributed by atoms with Crippen LogP contribution in [0.5, 0.6) is 17.2 Å². The third-order valence-corrected chi connectivity index (χ3v) is 12.9. The summed E-state index contributed by atoms with van der Waals surface area (Å²) in [5, 5.41) is 13.3. The number of phenols is 1. The summed E-state index contributed by atoms with van der Waals surface area (Å²) in [4.78, 5) is 57.2. The van der Waals surface area contributed by atoms with Crippen LogP contribution in [0.4, 0.5) is 5.69 Å². The van der Waals surface area contributed by atoms with E-state index in [-0.39, 0.29) is 24.5 Å². The van der Waals surface area contributed by atoms with Crippen LogP contribution in [0.25, 0.3) is 20.5 Å². The maximum atomic E-state index is 13.3. The number of rotatable bonds is 8. The fourth-order valence-corrected chi connectivity index (χ4v) is 9.68. The minimum Gasteiger partial charge on any atom is -0.508 e. The van der Waals surface area contributed by atoms with Gasteiger partial charge < -0.3 is 19.6 Å². The summed E-state index contributed by atoms with van der Waals surface area (Å²) in [6, 6.07) is 26.5. The third-order valence-electron chi connectivity index (χ3n) is 11.2. The maximum absolute atomic E-state index is 13.3. The number of imide groups is 2. The Labute approximate surface area is 324 Å². The molecular weight excluding hydrogens is 768 g/mol. The second kappa shape index (κ2) is 14.0. The van der Waals surface area contributed by atoms with Gasteiger partial charge in [0.1, 0.15) is 17.5 Å². The van der Waals surface area contributed by atoms with Gasteiger partial charge in [0.15, 0.2) is 5.75 Å². The molecule has 1 atom stereocenters. The molecular formula is C42H37BrN4O6S. The molecule has 4 aliphatic rings. The largest absolute Gasteiger partial charge is 0.508 e. The molecule has 5 heterocycles. The van der Waals surface area contributed by atoms with Gasteiger partial charge in [0, 0.05) is 52.2 Å². The number of carbonyl (C=O) groups is 4. The number of anilines is 1. The first-order valence-electron chi connectivity index (χ1n) is 18.3. The molecule has 5 aromatic rings. The van der Waals surface area contributed by atoms with Crippen LogP contribution >= 0.6 is 27.3 Å². The summed E-state index contributed by atoms with van der Waals surface area (Å²) in [5.41, 5.74) is 3.91. The average Bonchev–Trinajstić information content (AvgIpc) is 3.63. The van der Waals surface area contributed by atoms with Gasteiger partial charge in [-0.2, -0.15) is 0 Å². The van der Waals surface area contributed by atoms with Gasteiger partial charge in [-0.05, 0) is 110 Å². The lowest BCUT2D eigenvalue weighted by Crippen LogP contribution is -2.54. The van der Waals surface area contributed by atoms with Crippen LogP contribution in [0.2, 0.25) is 0 Å². The van der Waals surface area contributed by atoms with Crippen molar-refractivity contribution < 1.29 is 29.0 Å². The number of likely N-dealkylation sites (tertiary alicyclic amines) is 1. The van der Waals surface area contributed by atoms with Crippen LogP contribution in [0, 0.1) is 5.92 Å². The monoisotopic (exact) mass is 804 g/mol. The van der Waals surface area contributed by atoms with Gasteiger partial charge in [-0.15, -0.1) is 11.3 Å². The minimum atomic E-state index is -0.962. The molecule has 4 aliphatic heterocycles. The predicted octanol–water partition coefficient (Wildman–Crippen LogP) is 7.55. The zero-order valence-corrected chi connectivity index (χ0v) is 31.7. The van der Waals surface area contributed by atoms with Gasteiger partial charge >= 0.3 is 0 Å². The lowest BCUT2D eigenvalue weighted by Gasteiger charge is -2.44. The summed E-state index contributed by atoms with van der Waals surface area (Å²) in [5.74, 6) is 0.876. The van der Waals surface area contributed by atoms with E-state index in [1.165, 1.54) is 5.56 Å². The van der Waals surface area contributed by atoms with Gasteiger partial charge in [-0.3, -0.25) is 29.4 Å². The highest BCUT2D eigenvalue weighted by Crippen LogP contribution is 2.47. The second-order valence-corrected chi connectivity index (χ2v) is 16.6. The Bertz CT molecular complexity index is 2310. The van der Waals surface area contributed by atoms with E-state index in [2.05, 4.69) is 67.4 Å². The summed E-state index contributed by atoms with van der Waals surface area (Å²) in [6.07, 6.45) is 2.43. The first-order chi connectivity index (χ1) is 26.2. The van der Waals surface area contributed by atoms with Crippen molar-refractivity contribution in [1.82, 2.24) is 15.1 Å². The number of halogens is 1.